The lowest BCUT2D eigenvalue weighted by atomic mass is 9.93. The van der Waals surface area contributed by atoms with Crippen LogP contribution in [0.2, 0.25) is 0 Å². The molecule has 0 aromatic heterocycles. The lowest BCUT2D eigenvalue weighted by molar-refractivity contribution is -0.338. The number of hydrogen-bond donors (Lipinski definition) is 6. The zero-order chi connectivity index (χ0) is 10.9. The molecule has 1 fully saturated rings. The van der Waals surface area contributed by atoms with Gasteiger partial charge in [-0.25, -0.2) is 0 Å². The molecule has 5 N–H and O–H groups in total. The second-order valence-electron chi connectivity index (χ2n) is 3.27. The third-order valence-corrected chi connectivity index (χ3v) is 2.73. The first kappa shape index (κ1) is 12.2. The Labute approximate surface area is 86.2 Å². The van der Waals surface area contributed by atoms with Crippen molar-refractivity contribution in [1.29, 1.82) is 0 Å². The minimum atomic E-state index is -2.05. The molecular formula is C7H14O6S. The Morgan fingerprint density at radius 2 is 1.79 bits per heavy atom. The highest BCUT2D eigenvalue weighted by atomic mass is 32.1. The molecule has 14 heavy (non-hydrogen) atoms. The molecule has 1 rings (SSSR count). The summed E-state index contributed by atoms with van der Waals surface area (Å²) in [6, 6.07) is 0. The average molecular weight is 226 g/mol. The van der Waals surface area contributed by atoms with Gasteiger partial charge in [0.1, 0.15) is 24.4 Å². The van der Waals surface area contributed by atoms with Gasteiger partial charge in [0.15, 0.2) is 0 Å². The fourth-order valence-electron chi connectivity index (χ4n) is 1.35. The van der Waals surface area contributed by atoms with Crippen molar-refractivity contribution < 1.29 is 30.3 Å². The summed E-state index contributed by atoms with van der Waals surface area (Å²) in [6.07, 6.45) is -5.79. The van der Waals surface area contributed by atoms with E-state index in [-0.39, 0.29) is 5.75 Å². The molecule has 84 valence electrons. The van der Waals surface area contributed by atoms with E-state index in [1.165, 1.54) is 0 Å². The molecule has 5 atom stereocenters. The summed E-state index contributed by atoms with van der Waals surface area (Å²) in [5.41, 5.74) is 0. The first-order valence-corrected chi connectivity index (χ1v) is 4.75. The summed E-state index contributed by atoms with van der Waals surface area (Å²) in [5.74, 6) is -2.30. The zero-order valence-corrected chi connectivity index (χ0v) is 8.21. The van der Waals surface area contributed by atoms with E-state index in [1.54, 1.807) is 0 Å². The van der Waals surface area contributed by atoms with Gasteiger partial charge >= 0.3 is 0 Å². The maximum atomic E-state index is 9.61. The van der Waals surface area contributed by atoms with Crippen molar-refractivity contribution in [2.24, 2.45) is 0 Å². The van der Waals surface area contributed by atoms with Crippen molar-refractivity contribution in [2.45, 2.75) is 30.2 Å². The van der Waals surface area contributed by atoms with Gasteiger partial charge in [0, 0.05) is 5.75 Å². The first-order chi connectivity index (χ1) is 6.46. The Kier molecular flexibility index (Phi) is 3.75. The van der Waals surface area contributed by atoms with Gasteiger partial charge in [0.25, 0.3) is 0 Å². The summed E-state index contributed by atoms with van der Waals surface area (Å²) in [4.78, 5) is 0. The molecule has 6 nitrogen and oxygen atoms in total. The summed E-state index contributed by atoms with van der Waals surface area (Å²) in [5, 5.41) is 46.4. The van der Waals surface area contributed by atoms with Crippen LogP contribution in [-0.4, -0.2) is 68.1 Å². The number of thiol groups is 1. The summed E-state index contributed by atoms with van der Waals surface area (Å²) >= 11 is 3.75. The molecule has 0 radical (unpaired) electrons. The van der Waals surface area contributed by atoms with Crippen LogP contribution >= 0.6 is 12.6 Å². The molecule has 0 spiro atoms. The molecule has 0 saturated carbocycles. The van der Waals surface area contributed by atoms with Crippen molar-refractivity contribution in [1.82, 2.24) is 0 Å². The molecule has 1 aliphatic heterocycles. The van der Waals surface area contributed by atoms with Crippen LogP contribution in [0.3, 0.4) is 0 Å². The van der Waals surface area contributed by atoms with Gasteiger partial charge in [-0.05, 0) is 0 Å². The third kappa shape index (κ3) is 1.89. The summed E-state index contributed by atoms with van der Waals surface area (Å²) in [6.45, 7) is -0.568. The van der Waals surface area contributed by atoms with E-state index < -0.39 is 36.8 Å². The van der Waals surface area contributed by atoms with E-state index in [1.807, 2.05) is 0 Å². The number of aliphatic hydroxyl groups excluding tert-OH is 4. The van der Waals surface area contributed by atoms with Crippen LogP contribution in [0.5, 0.6) is 0 Å². The van der Waals surface area contributed by atoms with Gasteiger partial charge in [-0.3, -0.25) is 0 Å². The number of ether oxygens (including phenoxy) is 1. The number of hydrogen-bond acceptors (Lipinski definition) is 7. The van der Waals surface area contributed by atoms with Crippen LogP contribution in [0.15, 0.2) is 0 Å². The maximum absolute atomic E-state index is 9.61. The topological polar surface area (TPSA) is 110 Å². The fraction of sp³-hybridized carbons (Fsp3) is 1.00. The van der Waals surface area contributed by atoms with E-state index in [2.05, 4.69) is 12.6 Å². The van der Waals surface area contributed by atoms with E-state index in [0.717, 1.165) is 0 Å². The SMILES string of the molecule is OC[C@H]1O[C@](O)(CS)[C@H](O)[C@@H](O)[C@H]1O. The Morgan fingerprint density at radius 3 is 2.21 bits per heavy atom. The lowest BCUT2D eigenvalue weighted by Crippen LogP contribution is -2.66. The number of rotatable bonds is 2. The van der Waals surface area contributed by atoms with E-state index in [9.17, 15) is 20.4 Å². The Bertz CT molecular complexity index is 201. The summed E-state index contributed by atoms with van der Waals surface area (Å²) in [7, 11) is 0. The monoisotopic (exact) mass is 226 g/mol. The van der Waals surface area contributed by atoms with E-state index in [4.69, 9.17) is 9.84 Å². The maximum Gasteiger partial charge on any atom is 0.204 e. The molecular weight excluding hydrogens is 212 g/mol. The van der Waals surface area contributed by atoms with Crippen LogP contribution < -0.4 is 0 Å². The van der Waals surface area contributed by atoms with Crippen molar-refractivity contribution in [2.75, 3.05) is 12.4 Å². The molecule has 7 heteroatoms. The molecule has 0 aliphatic carbocycles. The normalized spacial score (nSPS) is 49.3. The van der Waals surface area contributed by atoms with E-state index >= 15 is 0 Å². The van der Waals surface area contributed by atoms with Gasteiger partial charge in [0.05, 0.1) is 6.61 Å². The molecule has 0 unspecified atom stereocenters. The minimum Gasteiger partial charge on any atom is -0.394 e. The molecule has 1 heterocycles. The quantitative estimate of drug-likeness (QED) is 0.281. The molecule has 1 aliphatic rings. The predicted octanol–water partition coefficient (Wildman–Crippen LogP) is -2.92. The highest BCUT2D eigenvalue weighted by molar-refractivity contribution is 7.80. The summed E-state index contributed by atoms with van der Waals surface area (Å²) < 4.78 is 4.84. The second kappa shape index (κ2) is 4.31. The van der Waals surface area contributed by atoms with Gasteiger partial charge < -0.3 is 30.3 Å². The van der Waals surface area contributed by atoms with Crippen molar-refractivity contribution in [3.63, 3.8) is 0 Å². The molecule has 0 amide bonds. The Morgan fingerprint density at radius 1 is 1.21 bits per heavy atom. The van der Waals surface area contributed by atoms with Crippen molar-refractivity contribution in [3.05, 3.63) is 0 Å². The van der Waals surface area contributed by atoms with Crippen LogP contribution in [0.1, 0.15) is 0 Å². The lowest BCUT2D eigenvalue weighted by Gasteiger charge is -2.44. The van der Waals surface area contributed by atoms with Gasteiger partial charge in [-0.2, -0.15) is 12.6 Å². The molecule has 0 bridgehead atoms. The highest BCUT2D eigenvalue weighted by Crippen LogP contribution is 2.28. The number of aliphatic hydroxyl groups is 5. The largest absolute Gasteiger partial charge is 0.394 e. The zero-order valence-electron chi connectivity index (χ0n) is 7.32. The highest BCUT2D eigenvalue weighted by Gasteiger charge is 2.51. The Balaban J connectivity index is 2.84. The van der Waals surface area contributed by atoms with Gasteiger partial charge in [0.2, 0.25) is 5.79 Å². The van der Waals surface area contributed by atoms with Crippen LogP contribution in [0.4, 0.5) is 0 Å². The van der Waals surface area contributed by atoms with Gasteiger partial charge in [-0.15, -0.1) is 0 Å². The van der Waals surface area contributed by atoms with Crippen molar-refractivity contribution in [3.8, 4) is 0 Å². The van der Waals surface area contributed by atoms with Crippen LogP contribution in [-0.2, 0) is 4.74 Å². The predicted molar refractivity (Wildman–Crippen MR) is 48.8 cm³/mol. The molecule has 0 aromatic carbocycles. The van der Waals surface area contributed by atoms with Gasteiger partial charge in [-0.1, -0.05) is 0 Å². The van der Waals surface area contributed by atoms with Crippen LogP contribution in [0, 0.1) is 0 Å². The van der Waals surface area contributed by atoms with Crippen molar-refractivity contribution >= 4 is 12.6 Å². The van der Waals surface area contributed by atoms with E-state index in [0.29, 0.717) is 0 Å². The first-order valence-electron chi connectivity index (χ1n) is 4.12. The standard InChI is InChI=1S/C7H14O6S/c8-1-3-4(9)5(10)6(11)7(12,2-14)13-3/h3-6,8-12,14H,1-2H2/t3-,4+,5+,6-,7-/m1/s1. The average Bonchev–Trinajstić information content (AvgIpc) is 2.20. The molecule has 0 aromatic rings. The van der Waals surface area contributed by atoms with Crippen LogP contribution in [0.25, 0.3) is 0 Å². The fourth-order valence-corrected chi connectivity index (χ4v) is 1.61. The smallest absolute Gasteiger partial charge is 0.204 e. The molecule has 1 saturated heterocycles. The minimum absolute atomic E-state index is 0.256. The second-order valence-corrected chi connectivity index (χ2v) is 3.58. The third-order valence-electron chi connectivity index (χ3n) is 2.28. The Hall–Kier alpha value is 0.110.